The molecule has 8 nitrogen and oxygen atoms in total. The number of carbonyl (C=O) groups is 3. The Morgan fingerprint density at radius 2 is 1.87 bits per heavy atom. The minimum atomic E-state index is -1.68. The fourth-order valence-electron chi connectivity index (χ4n) is 3.54. The zero-order chi connectivity index (χ0) is 16.8. The number of para-hydroxylation sites is 1. The molecule has 0 aliphatic heterocycles. The molecule has 2 saturated carbocycles. The first kappa shape index (κ1) is 15.3. The fourth-order valence-corrected chi connectivity index (χ4v) is 3.54. The van der Waals surface area contributed by atoms with E-state index in [1.165, 1.54) is 0 Å². The number of amides is 1. The molecule has 5 N–H and O–H groups in total. The van der Waals surface area contributed by atoms with Gasteiger partial charge in [0, 0.05) is 23.9 Å². The molecule has 8 heteroatoms. The number of carboxylic acids is 2. The van der Waals surface area contributed by atoms with Gasteiger partial charge < -0.3 is 20.7 Å². The van der Waals surface area contributed by atoms with Crippen LogP contribution < -0.4 is 11.1 Å². The van der Waals surface area contributed by atoms with Gasteiger partial charge in [0.2, 0.25) is 0 Å². The van der Waals surface area contributed by atoms with Gasteiger partial charge in [0.05, 0.1) is 5.92 Å². The van der Waals surface area contributed by atoms with Crippen molar-refractivity contribution in [1.29, 1.82) is 0 Å². The summed E-state index contributed by atoms with van der Waals surface area (Å²) in [6.45, 7) is 0. The van der Waals surface area contributed by atoms with Gasteiger partial charge >= 0.3 is 18.0 Å². The average molecular weight is 320 g/mol. The quantitative estimate of drug-likeness (QED) is 0.641. The van der Waals surface area contributed by atoms with Crippen LogP contribution in [-0.2, 0) is 14.3 Å². The van der Waals surface area contributed by atoms with E-state index in [1.54, 1.807) is 30.3 Å². The van der Waals surface area contributed by atoms with Crippen molar-refractivity contribution >= 4 is 23.7 Å². The van der Waals surface area contributed by atoms with Crippen molar-refractivity contribution in [2.24, 2.45) is 23.5 Å². The highest BCUT2D eigenvalue weighted by atomic mass is 16.6. The Balaban J connectivity index is 1.70. The summed E-state index contributed by atoms with van der Waals surface area (Å²) in [6, 6.07) is 8.59. The third-order valence-corrected chi connectivity index (χ3v) is 4.60. The third-order valence-electron chi connectivity index (χ3n) is 4.60. The molecule has 2 aliphatic carbocycles. The normalized spacial score (nSPS) is 34.3. The maximum atomic E-state index is 11.9. The Morgan fingerprint density at radius 1 is 1.22 bits per heavy atom. The summed E-state index contributed by atoms with van der Waals surface area (Å²) in [5, 5.41) is 20.9. The first-order valence-corrected chi connectivity index (χ1v) is 7.12. The highest BCUT2D eigenvalue weighted by molar-refractivity contribution is 5.87. The van der Waals surface area contributed by atoms with E-state index >= 15 is 0 Å². The van der Waals surface area contributed by atoms with Gasteiger partial charge in [-0.15, -0.1) is 0 Å². The number of hydrogen-bond donors (Lipinski definition) is 4. The summed E-state index contributed by atoms with van der Waals surface area (Å²) in [6.07, 6.45) is -1.68. The molecule has 2 fully saturated rings. The number of nitrogens with one attached hydrogen (secondary N) is 1. The van der Waals surface area contributed by atoms with E-state index in [1.807, 2.05) is 0 Å². The van der Waals surface area contributed by atoms with E-state index in [4.69, 9.17) is 15.6 Å². The number of carboxylic acid groups (broad SMARTS) is 2. The van der Waals surface area contributed by atoms with Crippen LogP contribution >= 0.6 is 0 Å². The first-order chi connectivity index (χ1) is 10.8. The maximum absolute atomic E-state index is 11.9. The Kier molecular flexibility index (Phi) is 3.48. The summed E-state index contributed by atoms with van der Waals surface area (Å²) >= 11 is 0. The van der Waals surface area contributed by atoms with Gasteiger partial charge in [0.1, 0.15) is 11.6 Å². The summed E-state index contributed by atoms with van der Waals surface area (Å²) in [7, 11) is 0. The molecule has 23 heavy (non-hydrogen) atoms. The predicted octanol–water partition coefficient (Wildman–Crippen LogP) is 0.736. The number of anilines is 1. The Morgan fingerprint density at radius 3 is 2.43 bits per heavy atom. The zero-order valence-corrected chi connectivity index (χ0v) is 12.0. The highest BCUT2D eigenvalue weighted by Gasteiger charge is 2.75. The second kappa shape index (κ2) is 5.24. The van der Waals surface area contributed by atoms with Gasteiger partial charge in [0.15, 0.2) is 0 Å². The molecular weight excluding hydrogens is 304 g/mol. The van der Waals surface area contributed by atoms with Crippen molar-refractivity contribution < 1.29 is 29.3 Å². The average Bonchev–Trinajstić information content (AvgIpc) is 3.17. The molecule has 0 heterocycles. The van der Waals surface area contributed by atoms with E-state index in [0.29, 0.717) is 5.69 Å². The van der Waals surface area contributed by atoms with Gasteiger partial charge in [-0.3, -0.25) is 14.9 Å². The molecule has 1 aromatic rings. The van der Waals surface area contributed by atoms with Crippen molar-refractivity contribution in [3.05, 3.63) is 30.3 Å². The number of nitrogens with two attached hydrogens (primary N) is 1. The number of aliphatic carboxylic acids is 2. The summed E-state index contributed by atoms with van der Waals surface area (Å²) < 4.78 is 5.24. The van der Waals surface area contributed by atoms with Crippen LogP contribution in [0.3, 0.4) is 0 Å². The number of fused-ring (bicyclic) bond motifs is 1. The van der Waals surface area contributed by atoms with E-state index < -0.39 is 47.4 Å². The monoisotopic (exact) mass is 320 g/mol. The molecule has 0 unspecified atom stereocenters. The van der Waals surface area contributed by atoms with Crippen LogP contribution in [0.4, 0.5) is 10.5 Å². The predicted molar refractivity (Wildman–Crippen MR) is 77.6 cm³/mol. The van der Waals surface area contributed by atoms with Crippen LogP contribution in [0, 0.1) is 17.8 Å². The Bertz CT molecular complexity index is 663. The zero-order valence-electron chi connectivity index (χ0n) is 12.0. The molecule has 0 bridgehead atoms. The molecule has 0 radical (unpaired) electrons. The lowest BCUT2D eigenvalue weighted by Gasteiger charge is -2.24. The van der Waals surface area contributed by atoms with Crippen LogP contribution in [-0.4, -0.2) is 39.9 Å². The lowest BCUT2D eigenvalue weighted by Crippen LogP contribution is -2.51. The summed E-state index contributed by atoms with van der Waals surface area (Å²) in [5.41, 5.74) is 4.71. The maximum Gasteiger partial charge on any atom is 0.411 e. The van der Waals surface area contributed by atoms with Crippen LogP contribution in [0.15, 0.2) is 30.3 Å². The van der Waals surface area contributed by atoms with Crippen molar-refractivity contribution in [3.63, 3.8) is 0 Å². The van der Waals surface area contributed by atoms with Gasteiger partial charge in [0.25, 0.3) is 0 Å². The third kappa shape index (κ3) is 2.50. The van der Waals surface area contributed by atoms with Crippen LogP contribution in [0.2, 0.25) is 0 Å². The van der Waals surface area contributed by atoms with Crippen molar-refractivity contribution in [2.45, 2.75) is 18.1 Å². The minimum Gasteiger partial charge on any atom is -0.481 e. The fraction of sp³-hybridized carbons (Fsp3) is 0.400. The molecule has 1 amide bonds. The molecule has 0 saturated heterocycles. The molecule has 122 valence electrons. The van der Waals surface area contributed by atoms with Crippen LogP contribution in [0.1, 0.15) is 6.42 Å². The van der Waals surface area contributed by atoms with E-state index in [0.717, 1.165) is 0 Å². The molecule has 0 spiro atoms. The van der Waals surface area contributed by atoms with E-state index in [2.05, 4.69) is 5.32 Å². The Labute approximate surface area is 131 Å². The first-order valence-electron chi connectivity index (χ1n) is 7.12. The number of benzene rings is 1. The van der Waals surface area contributed by atoms with Crippen LogP contribution in [0.25, 0.3) is 0 Å². The van der Waals surface area contributed by atoms with E-state index in [9.17, 15) is 19.5 Å². The molecule has 5 atom stereocenters. The van der Waals surface area contributed by atoms with Crippen molar-refractivity contribution in [3.8, 4) is 0 Å². The highest BCUT2D eigenvalue weighted by Crippen LogP contribution is 2.62. The van der Waals surface area contributed by atoms with Gasteiger partial charge in [-0.1, -0.05) is 18.2 Å². The smallest absolute Gasteiger partial charge is 0.411 e. The largest absolute Gasteiger partial charge is 0.481 e. The molecule has 0 aromatic heterocycles. The Hall–Kier alpha value is -2.61. The summed E-state index contributed by atoms with van der Waals surface area (Å²) in [5.74, 6) is -4.56. The van der Waals surface area contributed by atoms with Gasteiger partial charge in [-0.2, -0.15) is 0 Å². The molecule has 1 aromatic carbocycles. The second-order valence-corrected chi connectivity index (χ2v) is 5.95. The lowest BCUT2D eigenvalue weighted by atomic mass is 9.91. The molecule has 3 rings (SSSR count). The standard InChI is InChI=1S/C15H16N2O6/c16-15(13(20)21)6-8(9-10(11(9)15)12(18)19)23-14(22)17-7-4-2-1-3-5-7/h1-5,8-11H,6,16H2,(H,17,22)(H,18,19)(H,20,21)/t8-,9-,10-,11+,15-/m1/s1. The summed E-state index contributed by atoms with van der Waals surface area (Å²) in [4.78, 5) is 34.5. The minimum absolute atomic E-state index is 0.0936. The number of rotatable bonds is 4. The van der Waals surface area contributed by atoms with Crippen LogP contribution in [0.5, 0.6) is 0 Å². The molecular formula is C15H16N2O6. The second-order valence-electron chi connectivity index (χ2n) is 5.95. The van der Waals surface area contributed by atoms with Gasteiger partial charge in [-0.25, -0.2) is 4.79 Å². The van der Waals surface area contributed by atoms with Crippen molar-refractivity contribution in [1.82, 2.24) is 0 Å². The number of carbonyl (C=O) groups excluding carboxylic acids is 1. The van der Waals surface area contributed by atoms with Gasteiger partial charge in [-0.05, 0) is 12.1 Å². The number of hydrogen-bond acceptors (Lipinski definition) is 5. The van der Waals surface area contributed by atoms with E-state index in [-0.39, 0.29) is 6.42 Å². The van der Waals surface area contributed by atoms with Crippen molar-refractivity contribution in [2.75, 3.05) is 5.32 Å². The SMILES string of the molecule is N[C@]1(C(=O)O)C[C@@H](OC(=O)Nc2ccccc2)[C@@H]2[C@@H](C(=O)O)[C@H]21. The topological polar surface area (TPSA) is 139 Å². The number of ether oxygens (including phenoxy) is 1. The lowest BCUT2D eigenvalue weighted by molar-refractivity contribution is -0.146. The molecule has 2 aliphatic rings.